The van der Waals surface area contributed by atoms with Gasteiger partial charge in [0, 0.05) is 6.54 Å². The van der Waals surface area contributed by atoms with Crippen LogP contribution in [0.4, 0.5) is 0 Å². The first kappa shape index (κ1) is 14.3. The summed E-state index contributed by atoms with van der Waals surface area (Å²) in [5, 5.41) is 2.83. The minimum absolute atomic E-state index is 0.193. The monoisotopic (exact) mass is 252 g/mol. The average molecular weight is 252 g/mol. The summed E-state index contributed by atoms with van der Waals surface area (Å²) in [5.41, 5.74) is 5.82. The van der Waals surface area contributed by atoms with Crippen LogP contribution in [-0.2, 0) is 0 Å². The van der Waals surface area contributed by atoms with Crippen LogP contribution >= 0.6 is 0 Å². The Balaban J connectivity index is 2.76. The van der Waals surface area contributed by atoms with Crippen molar-refractivity contribution in [2.24, 2.45) is 5.73 Å². The van der Waals surface area contributed by atoms with E-state index in [-0.39, 0.29) is 5.91 Å². The Morgan fingerprint density at radius 2 is 1.83 bits per heavy atom. The van der Waals surface area contributed by atoms with E-state index in [2.05, 4.69) is 5.32 Å². The van der Waals surface area contributed by atoms with Gasteiger partial charge in [-0.15, -0.1) is 0 Å². The van der Waals surface area contributed by atoms with Crippen LogP contribution in [0.25, 0.3) is 0 Å². The first-order chi connectivity index (χ1) is 8.74. The van der Waals surface area contributed by atoms with Crippen molar-refractivity contribution < 1.29 is 14.3 Å². The molecule has 0 saturated heterocycles. The maximum Gasteiger partial charge on any atom is 0.258 e. The van der Waals surface area contributed by atoms with E-state index in [4.69, 9.17) is 15.2 Å². The van der Waals surface area contributed by atoms with Gasteiger partial charge in [-0.25, -0.2) is 0 Å². The summed E-state index contributed by atoms with van der Waals surface area (Å²) in [5.74, 6) is 0.817. The van der Waals surface area contributed by atoms with Gasteiger partial charge >= 0.3 is 0 Å². The third kappa shape index (κ3) is 3.63. The second-order valence-electron chi connectivity index (χ2n) is 3.79. The van der Waals surface area contributed by atoms with Gasteiger partial charge in [0.15, 0.2) is 0 Å². The van der Waals surface area contributed by atoms with Gasteiger partial charge in [-0.3, -0.25) is 4.79 Å². The van der Waals surface area contributed by atoms with Crippen LogP contribution < -0.4 is 20.5 Å². The van der Waals surface area contributed by atoms with E-state index in [0.717, 1.165) is 12.8 Å². The standard InChI is InChI=1S/C13H20N2O3/c1-17-10-6-5-7-11(18-2)12(10)13(16)15-9-4-3-8-14/h5-7H,3-4,8-9,14H2,1-2H3,(H,15,16). The molecule has 0 radical (unpaired) electrons. The predicted octanol–water partition coefficient (Wildman–Crippen LogP) is 1.17. The molecular weight excluding hydrogens is 232 g/mol. The first-order valence-electron chi connectivity index (χ1n) is 5.93. The Hall–Kier alpha value is -1.75. The van der Waals surface area contributed by atoms with Crippen molar-refractivity contribution in [1.29, 1.82) is 0 Å². The normalized spacial score (nSPS) is 9.94. The fourth-order valence-corrected chi connectivity index (χ4v) is 1.63. The number of rotatable bonds is 7. The molecule has 0 aliphatic rings. The number of hydrogen-bond donors (Lipinski definition) is 2. The molecule has 0 aromatic heterocycles. The smallest absolute Gasteiger partial charge is 0.258 e. The summed E-state index contributed by atoms with van der Waals surface area (Å²) in [6.07, 6.45) is 1.75. The van der Waals surface area contributed by atoms with Gasteiger partial charge in [-0.05, 0) is 31.5 Å². The molecular formula is C13H20N2O3. The molecule has 0 saturated carbocycles. The molecule has 1 aromatic carbocycles. The number of hydrogen-bond acceptors (Lipinski definition) is 4. The zero-order chi connectivity index (χ0) is 13.4. The van der Waals surface area contributed by atoms with Crippen molar-refractivity contribution >= 4 is 5.91 Å². The third-order valence-electron chi connectivity index (χ3n) is 2.57. The molecule has 18 heavy (non-hydrogen) atoms. The molecule has 0 bridgehead atoms. The molecule has 0 aliphatic heterocycles. The molecule has 5 heteroatoms. The Morgan fingerprint density at radius 1 is 1.22 bits per heavy atom. The van der Waals surface area contributed by atoms with Crippen molar-refractivity contribution in [3.05, 3.63) is 23.8 Å². The lowest BCUT2D eigenvalue weighted by Crippen LogP contribution is -2.25. The van der Waals surface area contributed by atoms with Crippen molar-refractivity contribution in [2.75, 3.05) is 27.3 Å². The lowest BCUT2D eigenvalue weighted by molar-refractivity contribution is 0.0947. The highest BCUT2D eigenvalue weighted by Gasteiger charge is 2.17. The maximum absolute atomic E-state index is 12.1. The summed E-state index contributed by atoms with van der Waals surface area (Å²) in [7, 11) is 3.06. The van der Waals surface area contributed by atoms with Gasteiger partial charge in [0.2, 0.25) is 0 Å². The lowest BCUT2D eigenvalue weighted by atomic mass is 10.1. The van der Waals surface area contributed by atoms with E-state index in [1.54, 1.807) is 18.2 Å². The number of methoxy groups -OCH3 is 2. The number of ether oxygens (including phenoxy) is 2. The van der Waals surface area contributed by atoms with Crippen LogP contribution in [-0.4, -0.2) is 33.2 Å². The summed E-state index contributed by atoms with van der Waals surface area (Å²) in [6.45, 7) is 1.23. The minimum Gasteiger partial charge on any atom is -0.496 e. The zero-order valence-electron chi connectivity index (χ0n) is 10.9. The van der Waals surface area contributed by atoms with Gasteiger partial charge in [0.25, 0.3) is 5.91 Å². The highest BCUT2D eigenvalue weighted by molar-refractivity contribution is 5.99. The van der Waals surface area contributed by atoms with E-state index in [1.807, 2.05) is 0 Å². The van der Waals surface area contributed by atoms with Crippen molar-refractivity contribution in [3.63, 3.8) is 0 Å². The van der Waals surface area contributed by atoms with Crippen molar-refractivity contribution in [3.8, 4) is 11.5 Å². The largest absolute Gasteiger partial charge is 0.496 e. The Morgan fingerprint density at radius 3 is 2.33 bits per heavy atom. The van der Waals surface area contributed by atoms with Crippen LogP contribution in [0.3, 0.4) is 0 Å². The van der Waals surface area contributed by atoms with E-state index in [9.17, 15) is 4.79 Å². The van der Waals surface area contributed by atoms with Crippen LogP contribution in [0.1, 0.15) is 23.2 Å². The zero-order valence-corrected chi connectivity index (χ0v) is 10.9. The molecule has 0 heterocycles. The number of benzene rings is 1. The number of carbonyl (C=O) groups is 1. The molecule has 0 atom stereocenters. The minimum atomic E-state index is -0.193. The van der Waals surface area contributed by atoms with Gasteiger partial charge in [0.1, 0.15) is 17.1 Å². The predicted molar refractivity (Wildman–Crippen MR) is 70.2 cm³/mol. The van der Waals surface area contributed by atoms with E-state index < -0.39 is 0 Å². The summed E-state index contributed by atoms with van der Waals surface area (Å²) in [4.78, 5) is 12.1. The van der Waals surface area contributed by atoms with E-state index >= 15 is 0 Å². The Bertz CT molecular complexity index is 372. The Labute approximate surface area is 107 Å². The fraction of sp³-hybridized carbons (Fsp3) is 0.462. The molecule has 0 fully saturated rings. The number of carbonyl (C=O) groups excluding carboxylic acids is 1. The molecule has 100 valence electrons. The van der Waals surface area contributed by atoms with Gasteiger partial charge < -0.3 is 20.5 Å². The number of nitrogens with one attached hydrogen (secondary N) is 1. The molecule has 0 spiro atoms. The molecule has 1 aromatic rings. The highest BCUT2D eigenvalue weighted by atomic mass is 16.5. The quantitative estimate of drug-likeness (QED) is 0.714. The number of unbranched alkanes of at least 4 members (excludes halogenated alkanes) is 1. The van der Waals surface area contributed by atoms with Crippen LogP contribution in [0.15, 0.2) is 18.2 Å². The van der Waals surface area contributed by atoms with Crippen LogP contribution in [0.5, 0.6) is 11.5 Å². The second kappa shape index (κ2) is 7.55. The average Bonchev–Trinajstić information content (AvgIpc) is 2.42. The molecule has 5 nitrogen and oxygen atoms in total. The first-order valence-corrected chi connectivity index (χ1v) is 5.93. The number of amides is 1. The molecule has 1 amide bonds. The third-order valence-corrected chi connectivity index (χ3v) is 2.57. The SMILES string of the molecule is COc1cccc(OC)c1C(=O)NCCCCN. The maximum atomic E-state index is 12.1. The van der Waals surface area contributed by atoms with Crippen molar-refractivity contribution in [2.45, 2.75) is 12.8 Å². The second-order valence-corrected chi connectivity index (χ2v) is 3.79. The molecule has 3 N–H and O–H groups in total. The van der Waals surface area contributed by atoms with Crippen LogP contribution in [0.2, 0.25) is 0 Å². The van der Waals surface area contributed by atoms with Gasteiger partial charge in [0.05, 0.1) is 14.2 Å². The van der Waals surface area contributed by atoms with Crippen molar-refractivity contribution in [1.82, 2.24) is 5.32 Å². The van der Waals surface area contributed by atoms with E-state index in [1.165, 1.54) is 14.2 Å². The van der Waals surface area contributed by atoms with E-state index in [0.29, 0.717) is 30.2 Å². The highest BCUT2D eigenvalue weighted by Crippen LogP contribution is 2.27. The van der Waals surface area contributed by atoms with Crippen LogP contribution in [0, 0.1) is 0 Å². The lowest BCUT2D eigenvalue weighted by Gasteiger charge is -2.12. The molecule has 0 aliphatic carbocycles. The molecule has 1 rings (SSSR count). The Kier molecular flexibility index (Phi) is 6.00. The topological polar surface area (TPSA) is 73.6 Å². The molecule has 0 unspecified atom stereocenters. The van der Waals surface area contributed by atoms with Gasteiger partial charge in [-0.1, -0.05) is 6.07 Å². The number of nitrogens with two attached hydrogens (primary N) is 1. The summed E-state index contributed by atoms with van der Waals surface area (Å²) >= 11 is 0. The van der Waals surface area contributed by atoms with Gasteiger partial charge in [-0.2, -0.15) is 0 Å². The summed E-state index contributed by atoms with van der Waals surface area (Å²) in [6, 6.07) is 5.25. The fourth-order valence-electron chi connectivity index (χ4n) is 1.63. The summed E-state index contributed by atoms with van der Waals surface area (Å²) < 4.78 is 10.4.